The first-order valence-electron chi connectivity index (χ1n) is 8.42. The normalized spacial score (nSPS) is 10.8. The van der Waals surface area contributed by atoms with Crippen LogP contribution in [0.1, 0.15) is 23.8 Å². The number of hydrazine groups is 1. The number of benzene rings is 1. The maximum Gasteiger partial charge on any atom is 0.290 e. The summed E-state index contributed by atoms with van der Waals surface area (Å²) in [5.41, 5.74) is 5.17. The lowest BCUT2D eigenvalue weighted by Gasteiger charge is -2.14. The molecule has 3 N–H and O–H groups in total. The van der Waals surface area contributed by atoms with Gasteiger partial charge in [-0.05, 0) is 38.8 Å². The van der Waals surface area contributed by atoms with Gasteiger partial charge in [0, 0.05) is 25.0 Å². The molecule has 0 saturated heterocycles. The van der Waals surface area contributed by atoms with Crippen LogP contribution in [0.25, 0.3) is 10.8 Å². The molecule has 0 atom stereocenters. The number of fused-ring (bicyclic) bond motifs is 1. The van der Waals surface area contributed by atoms with Crippen LogP contribution >= 0.6 is 12.2 Å². The largest absolute Gasteiger partial charge is 0.360 e. The highest BCUT2D eigenvalue weighted by atomic mass is 32.1. The fraction of sp³-hybridized carbons (Fsp3) is 0.412. The molecule has 2 aromatic rings. The van der Waals surface area contributed by atoms with Gasteiger partial charge < -0.3 is 10.2 Å². The van der Waals surface area contributed by atoms with Gasteiger partial charge in [-0.1, -0.05) is 25.1 Å². The molecule has 1 aromatic carbocycles. The van der Waals surface area contributed by atoms with Crippen LogP contribution in [-0.4, -0.2) is 52.9 Å². The van der Waals surface area contributed by atoms with E-state index in [0.717, 1.165) is 13.0 Å². The average Bonchev–Trinajstić information content (AvgIpc) is 2.62. The number of nitrogens with one attached hydrogen (secondary N) is 3. The van der Waals surface area contributed by atoms with Crippen LogP contribution in [0.5, 0.6) is 0 Å². The van der Waals surface area contributed by atoms with Crippen molar-refractivity contribution in [3.8, 4) is 0 Å². The number of carbonyl (C=O) groups excluding carboxylic acids is 1. The molecule has 0 fully saturated rings. The van der Waals surface area contributed by atoms with Crippen molar-refractivity contribution >= 4 is 34.0 Å². The number of hydrogen-bond donors (Lipinski definition) is 3. The smallest absolute Gasteiger partial charge is 0.290 e. The minimum Gasteiger partial charge on any atom is -0.360 e. The molecular weight excluding hydrogens is 352 g/mol. The number of carbonyl (C=O) groups is 1. The number of nitrogens with zero attached hydrogens (tertiary/aromatic N) is 3. The van der Waals surface area contributed by atoms with E-state index in [-0.39, 0.29) is 11.3 Å². The van der Waals surface area contributed by atoms with Crippen LogP contribution < -0.4 is 21.7 Å². The molecule has 140 valence electrons. The quantitative estimate of drug-likeness (QED) is 0.499. The SMILES string of the molecule is CCCn1nc(C(=O)NNC(=S)NCCN(C)C)c2ccccc2c1=O. The molecule has 1 heterocycles. The summed E-state index contributed by atoms with van der Waals surface area (Å²) in [6.07, 6.45) is 0.741. The van der Waals surface area contributed by atoms with Gasteiger partial charge in [0.1, 0.15) is 0 Å². The van der Waals surface area contributed by atoms with E-state index >= 15 is 0 Å². The van der Waals surface area contributed by atoms with Crippen molar-refractivity contribution in [3.05, 3.63) is 40.3 Å². The Morgan fingerprint density at radius 3 is 2.58 bits per heavy atom. The monoisotopic (exact) mass is 376 g/mol. The third-order valence-electron chi connectivity index (χ3n) is 3.65. The molecule has 0 unspecified atom stereocenters. The fourth-order valence-corrected chi connectivity index (χ4v) is 2.53. The van der Waals surface area contributed by atoms with Gasteiger partial charge >= 0.3 is 0 Å². The summed E-state index contributed by atoms with van der Waals surface area (Å²) in [6, 6.07) is 6.95. The molecular formula is C17H24N6O2S. The van der Waals surface area contributed by atoms with E-state index < -0.39 is 5.91 Å². The van der Waals surface area contributed by atoms with Crippen LogP contribution in [0.3, 0.4) is 0 Å². The molecule has 26 heavy (non-hydrogen) atoms. The van der Waals surface area contributed by atoms with Crippen LogP contribution in [-0.2, 0) is 6.54 Å². The number of thiocarbonyl (C=S) groups is 1. The Morgan fingerprint density at radius 2 is 1.92 bits per heavy atom. The van der Waals surface area contributed by atoms with Gasteiger partial charge in [0.25, 0.3) is 11.5 Å². The number of hydrogen-bond acceptors (Lipinski definition) is 5. The van der Waals surface area contributed by atoms with Gasteiger partial charge in [0.15, 0.2) is 10.8 Å². The summed E-state index contributed by atoms with van der Waals surface area (Å²) >= 11 is 5.13. The van der Waals surface area contributed by atoms with Gasteiger partial charge in [0.05, 0.1) is 5.39 Å². The minimum absolute atomic E-state index is 0.178. The van der Waals surface area contributed by atoms with E-state index in [0.29, 0.717) is 29.0 Å². The average molecular weight is 376 g/mol. The van der Waals surface area contributed by atoms with Crippen molar-refractivity contribution < 1.29 is 4.79 Å². The van der Waals surface area contributed by atoms with Gasteiger partial charge in [0.2, 0.25) is 0 Å². The van der Waals surface area contributed by atoms with E-state index in [1.54, 1.807) is 24.3 Å². The van der Waals surface area contributed by atoms with Gasteiger partial charge in [-0.25, -0.2) is 4.68 Å². The van der Waals surface area contributed by atoms with E-state index in [9.17, 15) is 9.59 Å². The van der Waals surface area contributed by atoms with Gasteiger partial charge in [-0.3, -0.25) is 20.4 Å². The van der Waals surface area contributed by atoms with E-state index in [1.807, 2.05) is 25.9 Å². The number of aryl methyl sites for hydroxylation is 1. The Morgan fingerprint density at radius 1 is 1.23 bits per heavy atom. The predicted molar refractivity (Wildman–Crippen MR) is 106 cm³/mol. The second kappa shape index (κ2) is 9.25. The summed E-state index contributed by atoms with van der Waals surface area (Å²) in [7, 11) is 3.92. The second-order valence-corrected chi connectivity index (χ2v) is 6.47. The van der Waals surface area contributed by atoms with Crippen molar-refractivity contribution in [1.29, 1.82) is 0 Å². The standard InChI is InChI=1S/C17H24N6O2S/c1-4-10-23-16(25)13-8-6-5-7-12(13)14(21-23)15(24)19-20-17(26)18-9-11-22(2)3/h5-8H,4,9-11H2,1-3H3,(H,19,24)(H2,18,20,26). The van der Waals surface area contributed by atoms with E-state index in [4.69, 9.17) is 12.2 Å². The number of aromatic nitrogens is 2. The molecule has 0 saturated carbocycles. The third-order valence-corrected chi connectivity index (χ3v) is 3.90. The van der Waals surface area contributed by atoms with Crippen molar-refractivity contribution in [3.63, 3.8) is 0 Å². The first-order chi connectivity index (χ1) is 12.4. The van der Waals surface area contributed by atoms with Gasteiger partial charge in [-0.15, -0.1) is 0 Å². The highest BCUT2D eigenvalue weighted by Crippen LogP contribution is 2.13. The van der Waals surface area contributed by atoms with Crippen molar-refractivity contribution in [1.82, 2.24) is 30.8 Å². The zero-order chi connectivity index (χ0) is 19.1. The first kappa shape index (κ1) is 19.8. The van der Waals surface area contributed by atoms with Crippen LogP contribution in [0.4, 0.5) is 0 Å². The van der Waals surface area contributed by atoms with Crippen molar-refractivity contribution in [2.75, 3.05) is 27.2 Å². The molecule has 9 heteroatoms. The maximum absolute atomic E-state index is 12.6. The number of amides is 1. The second-order valence-electron chi connectivity index (χ2n) is 6.06. The third kappa shape index (κ3) is 4.99. The molecule has 0 radical (unpaired) electrons. The molecule has 0 spiro atoms. The Hall–Kier alpha value is -2.52. The van der Waals surface area contributed by atoms with Gasteiger partial charge in [-0.2, -0.15) is 5.10 Å². The topological polar surface area (TPSA) is 91.3 Å². The molecule has 8 nitrogen and oxygen atoms in total. The maximum atomic E-state index is 12.6. The Labute approximate surface area is 157 Å². The molecule has 1 amide bonds. The molecule has 0 bridgehead atoms. The number of likely N-dealkylation sites (N-methyl/N-ethyl adjacent to an activating group) is 1. The first-order valence-corrected chi connectivity index (χ1v) is 8.83. The van der Waals surface area contributed by atoms with Crippen LogP contribution in [0.2, 0.25) is 0 Å². The summed E-state index contributed by atoms with van der Waals surface area (Å²) in [5, 5.41) is 8.51. The zero-order valence-electron chi connectivity index (χ0n) is 15.2. The summed E-state index contributed by atoms with van der Waals surface area (Å²) in [4.78, 5) is 27.0. The molecule has 0 aliphatic heterocycles. The lowest BCUT2D eigenvalue weighted by Crippen LogP contribution is -2.48. The highest BCUT2D eigenvalue weighted by molar-refractivity contribution is 7.80. The lowest BCUT2D eigenvalue weighted by molar-refractivity contribution is 0.0938. The molecule has 1 aromatic heterocycles. The Kier molecular flexibility index (Phi) is 7.05. The Balaban J connectivity index is 2.15. The molecule has 0 aliphatic rings. The molecule has 2 rings (SSSR count). The molecule has 0 aliphatic carbocycles. The van der Waals surface area contributed by atoms with Crippen LogP contribution in [0, 0.1) is 0 Å². The number of rotatable bonds is 6. The minimum atomic E-state index is -0.456. The zero-order valence-corrected chi connectivity index (χ0v) is 16.0. The van der Waals surface area contributed by atoms with Crippen molar-refractivity contribution in [2.24, 2.45) is 0 Å². The predicted octanol–water partition coefficient (Wildman–Crippen LogP) is 0.477. The van der Waals surface area contributed by atoms with E-state index in [2.05, 4.69) is 21.3 Å². The van der Waals surface area contributed by atoms with Crippen molar-refractivity contribution in [2.45, 2.75) is 19.9 Å². The Bertz CT molecular complexity index is 849. The fourth-order valence-electron chi connectivity index (χ4n) is 2.38. The summed E-state index contributed by atoms with van der Waals surface area (Å²) in [6.45, 7) is 3.85. The lowest BCUT2D eigenvalue weighted by atomic mass is 10.1. The van der Waals surface area contributed by atoms with E-state index in [1.165, 1.54) is 4.68 Å². The summed E-state index contributed by atoms with van der Waals surface area (Å²) < 4.78 is 1.32. The highest BCUT2D eigenvalue weighted by Gasteiger charge is 2.16. The summed E-state index contributed by atoms with van der Waals surface area (Å²) in [5.74, 6) is -0.456. The van der Waals surface area contributed by atoms with Crippen LogP contribution in [0.15, 0.2) is 29.1 Å².